The van der Waals surface area contributed by atoms with E-state index in [1.807, 2.05) is 24.3 Å². The second-order valence-electron chi connectivity index (χ2n) is 11.7. The van der Waals surface area contributed by atoms with Gasteiger partial charge in [-0.1, -0.05) is 35.3 Å². The second kappa shape index (κ2) is 18.5. The predicted octanol–water partition coefficient (Wildman–Crippen LogP) is 6.08. The summed E-state index contributed by atoms with van der Waals surface area (Å²) >= 11 is 12.2. The van der Waals surface area contributed by atoms with Gasteiger partial charge in [0.1, 0.15) is 5.60 Å². The maximum absolute atomic E-state index is 11.4. The molecule has 2 aliphatic heterocycles. The van der Waals surface area contributed by atoms with E-state index in [-0.39, 0.29) is 11.8 Å². The largest absolute Gasteiger partial charge is 0.385 e. The number of aliphatic hydroxyl groups is 2. The smallest absolute Gasteiger partial charge is 0.111 e. The van der Waals surface area contributed by atoms with E-state index in [2.05, 4.69) is 15.6 Å². The van der Waals surface area contributed by atoms with Crippen molar-refractivity contribution in [1.82, 2.24) is 15.6 Å². The lowest BCUT2D eigenvalue weighted by atomic mass is 9.74. The molecule has 0 aliphatic carbocycles. The summed E-state index contributed by atoms with van der Waals surface area (Å²) in [5.74, 6) is 0.423. The summed E-state index contributed by atoms with van der Waals surface area (Å²) < 4.78 is 10.2. The van der Waals surface area contributed by atoms with Gasteiger partial charge in [-0.25, -0.2) is 0 Å². The van der Waals surface area contributed by atoms with Crippen LogP contribution in [0.15, 0.2) is 42.6 Å². The van der Waals surface area contributed by atoms with Crippen LogP contribution in [-0.4, -0.2) is 68.8 Å². The Morgan fingerprint density at radius 1 is 0.810 bits per heavy atom. The zero-order chi connectivity index (χ0) is 30.3. The monoisotopic (exact) mass is 623 g/mol. The van der Waals surface area contributed by atoms with E-state index in [1.165, 1.54) is 0 Å². The Labute approximate surface area is 262 Å². The fraction of sp³-hybridized carbons (Fsp3) is 0.667. The summed E-state index contributed by atoms with van der Waals surface area (Å²) in [6.07, 6.45) is 11.2. The van der Waals surface area contributed by atoms with Gasteiger partial charge in [0.15, 0.2) is 0 Å². The number of hydrogen-bond donors (Lipinski definition) is 4. The summed E-state index contributed by atoms with van der Waals surface area (Å²) in [5, 5.41) is 30.8. The number of unbranched alkanes of at least 4 members (excludes halogenated alkanes) is 2. The first-order valence-corrected chi connectivity index (χ1v) is 16.3. The number of ether oxygens (including phenoxy) is 2. The zero-order valence-electron chi connectivity index (χ0n) is 25.4. The third-order valence-electron chi connectivity index (χ3n) is 8.75. The first-order chi connectivity index (χ1) is 20.3. The quantitative estimate of drug-likeness (QED) is 0.189. The molecule has 4 N–H and O–H groups in total. The summed E-state index contributed by atoms with van der Waals surface area (Å²) in [7, 11) is 3.42. The molecule has 2 fully saturated rings. The molecular weight excluding hydrogens is 573 g/mol. The standard InChI is InChI=1S/C17H26ClNO2.C16H25ClN2O2/c1-21-11-3-2-9-17(20,15-7-5-10-19-13-15)14-6-4-8-16(18)12-14;1-21-10-3-2-7-16(20,13-5-4-8-18-12-13)15-11-14(17)6-9-19-15/h4,6,8,12,15,19-20H,2-3,5,7,9-11,13H2,1H3;6,9,11,13,18,20H,2-5,7-8,10,12H2,1H3/t15-,17-;13-,16+/m11/s1. The average molecular weight is 625 g/mol. The number of pyridine rings is 1. The Balaban J connectivity index is 0.000000230. The molecule has 0 amide bonds. The molecule has 0 unspecified atom stereocenters. The van der Waals surface area contributed by atoms with Crippen molar-refractivity contribution >= 4 is 23.2 Å². The molecule has 1 aromatic heterocycles. The third kappa shape index (κ3) is 10.4. The van der Waals surface area contributed by atoms with Crippen LogP contribution in [0.4, 0.5) is 0 Å². The van der Waals surface area contributed by atoms with Crippen LogP contribution in [0.1, 0.15) is 75.5 Å². The lowest BCUT2D eigenvalue weighted by Gasteiger charge is -2.39. The molecule has 2 aliphatic rings. The minimum absolute atomic E-state index is 0.180. The van der Waals surface area contributed by atoms with Crippen molar-refractivity contribution in [3.63, 3.8) is 0 Å². The molecule has 2 aromatic rings. The van der Waals surface area contributed by atoms with Crippen LogP contribution in [0, 0.1) is 11.8 Å². The molecular formula is C33H51Cl2N3O4. The van der Waals surface area contributed by atoms with Gasteiger partial charge in [-0.05, 0) is 107 Å². The van der Waals surface area contributed by atoms with Gasteiger partial charge in [-0.3, -0.25) is 4.98 Å². The summed E-state index contributed by atoms with van der Waals surface area (Å²) in [6, 6.07) is 11.2. The second-order valence-corrected chi connectivity index (χ2v) is 12.6. The number of halogens is 2. The van der Waals surface area contributed by atoms with Gasteiger partial charge >= 0.3 is 0 Å². The van der Waals surface area contributed by atoms with Gasteiger partial charge in [-0.2, -0.15) is 0 Å². The van der Waals surface area contributed by atoms with E-state index in [9.17, 15) is 10.2 Å². The van der Waals surface area contributed by atoms with Crippen molar-refractivity contribution in [2.75, 3.05) is 53.6 Å². The fourth-order valence-corrected chi connectivity index (χ4v) is 6.68. The van der Waals surface area contributed by atoms with Gasteiger partial charge in [0.2, 0.25) is 0 Å². The van der Waals surface area contributed by atoms with Crippen LogP contribution in [0.2, 0.25) is 10.0 Å². The molecule has 9 heteroatoms. The summed E-state index contributed by atoms with van der Waals surface area (Å²) in [6.45, 7) is 5.24. The maximum atomic E-state index is 11.4. The molecule has 7 nitrogen and oxygen atoms in total. The molecule has 4 atom stereocenters. The number of nitrogens with zero attached hydrogens (tertiary/aromatic N) is 1. The Morgan fingerprint density at radius 2 is 1.38 bits per heavy atom. The van der Waals surface area contributed by atoms with E-state index in [1.54, 1.807) is 32.5 Å². The minimum Gasteiger partial charge on any atom is -0.385 e. The molecule has 0 saturated carbocycles. The molecule has 1 aromatic carbocycles. The Bertz CT molecular complexity index is 954. The molecule has 2 saturated heterocycles. The van der Waals surface area contributed by atoms with Crippen molar-refractivity contribution in [3.05, 3.63) is 63.9 Å². The van der Waals surface area contributed by atoms with Crippen molar-refractivity contribution < 1.29 is 19.7 Å². The third-order valence-corrected chi connectivity index (χ3v) is 9.22. The molecule has 0 bridgehead atoms. The highest BCUT2D eigenvalue weighted by molar-refractivity contribution is 6.30. The lowest BCUT2D eigenvalue weighted by molar-refractivity contribution is -0.0470. The predicted molar refractivity (Wildman–Crippen MR) is 171 cm³/mol. The van der Waals surface area contributed by atoms with Gasteiger partial charge in [-0.15, -0.1) is 0 Å². The van der Waals surface area contributed by atoms with E-state index >= 15 is 0 Å². The van der Waals surface area contributed by atoms with Crippen molar-refractivity contribution in [3.8, 4) is 0 Å². The number of hydrogen-bond acceptors (Lipinski definition) is 7. The molecule has 3 heterocycles. The van der Waals surface area contributed by atoms with Gasteiger partial charge < -0.3 is 30.3 Å². The molecule has 4 rings (SSSR count). The van der Waals surface area contributed by atoms with Crippen LogP contribution in [0.5, 0.6) is 0 Å². The molecule has 236 valence electrons. The van der Waals surface area contributed by atoms with Crippen LogP contribution in [0.3, 0.4) is 0 Å². The zero-order valence-corrected chi connectivity index (χ0v) is 26.9. The maximum Gasteiger partial charge on any atom is 0.111 e. The van der Waals surface area contributed by atoms with Crippen molar-refractivity contribution in [2.45, 2.75) is 75.4 Å². The lowest BCUT2D eigenvalue weighted by Crippen LogP contribution is -2.44. The van der Waals surface area contributed by atoms with Gasteiger partial charge in [0.25, 0.3) is 0 Å². The van der Waals surface area contributed by atoms with E-state index in [0.29, 0.717) is 22.2 Å². The van der Waals surface area contributed by atoms with E-state index in [4.69, 9.17) is 32.7 Å². The number of benzene rings is 1. The van der Waals surface area contributed by atoms with E-state index in [0.717, 1.165) is 103 Å². The van der Waals surface area contributed by atoms with Gasteiger partial charge in [0.05, 0.1) is 11.3 Å². The Morgan fingerprint density at radius 3 is 1.90 bits per heavy atom. The Kier molecular flexibility index (Phi) is 15.5. The number of aromatic nitrogens is 1. The number of piperidine rings is 2. The molecule has 42 heavy (non-hydrogen) atoms. The van der Waals surface area contributed by atoms with Crippen LogP contribution in [0.25, 0.3) is 0 Å². The topological polar surface area (TPSA) is 95.9 Å². The summed E-state index contributed by atoms with van der Waals surface area (Å²) in [5.41, 5.74) is -0.0692. The number of nitrogens with one attached hydrogen (secondary N) is 2. The van der Waals surface area contributed by atoms with Crippen molar-refractivity contribution in [2.24, 2.45) is 11.8 Å². The highest BCUT2D eigenvalue weighted by Crippen LogP contribution is 2.39. The van der Waals surface area contributed by atoms with E-state index < -0.39 is 11.2 Å². The van der Waals surface area contributed by atoms with Crippen LogP contribution in [-0.2, 0) is 20.7 Å². The highest BCUT2D eigenvalue weighted by atomic mass is 35.5. The minimum atomic E-state index is -0.911. The van der Waals surface area contributed by atoms with Gasteiger partial charge in [0, 0.05) is 68.6 Å². The SMILES string of the molecule is COCCCC[C@@](O)(c1cc(Cl)ccn1)[C@@H]1CCCNC1.COCCCC[C@@](O)(c1cccc(Cl)c1)[C@@H]1CCCNC1. The molecule has 0 radical (unpaired) electrons. The first kappa shape index (κ1) is 35.2. The highest BCUT2D eigenvalue weighted by Gasteiger charge is 2.40. The fourth-order valence-electron chi connectivity index (χ4n) is 6.33. The number of rotatable bonds is 14. The number of methoxy groups -OCH3 is 2. The van der Waals surface area contributed by atoms with Crippen molar-refractivity contribution in [1.29, 1.82) is 0 Å². The summed E-state index contributed by atoms with van der Waals surface area (Å²) in [4.78, 5) is 4.39. The van der Waals surface area contributed by atoms with Crippen LogP contribution >= 0.6 is 23.2 Å². The average Bonchev–Trinajstić information content (AvgIpc) is 3.02. The first-order valence-electron chi connectivity index (χ1n) is 15.6. The Hall–Kier alpha value is -1.29. The molecule has 0 spiro atoms. The van der Waals surface area contributed by atoms with Crippen LogP contribution < -0.4 is 10.6 Å². The normalized spacial score (nSPS) is 22.0.